The van der Waals surface area contributed by atoms with Crippen LogP contribution in [0.15, 0.2) is 0 Å². The van der Waals surface area contributed by atoms with Crippen molar-refractivity contribution in [1.82, 2.24) is 10.2 Å². The van der Waals surface area contributed by atoms with Gasteiger partial charge in [-0.05, 0) is 37.9 Å². The predicted molar refractivity (Wildman–Crippen MR) is 76.4 cm³/mol. The zero-order chi connectivity index (χ0) is 13.1. The second-order valence-corrected chi connectivity index (χ2v) is 5.10. The maximum absolute atomic E-state index is 11.6. The van der Waals surface area contributed by atoms with Crippen LogP contribution in [0.4, 0.5) is 0 Å². The van der Waals surface area contributed by atoms with Gasteiger partial charge in [0.25, 0.3) is 0 Å². The van der Waals surface area contributed by atoms with Crippen LogP contribution < -0.4 is 11.1 Å². The quantitative estimate of drug-likeness (QED) is 0.614. The molecule has 0 saturated heterocycles. The summed E-state index contributed by atoms with van der Waals surface area (Å²) in [5.41, 5.74) is 5.77. The van der Waals surface area contributed by atoms with E-state index in [0.29, 0.717) is 6.54 Å². The molecule has 4 nitrogen and oxygen atoms in total. The molecule has 0 unspecified atom stereocenters. The Morgan fingerprint density at radius 3 is 2.65 bits per heavy atom. The third kappa shape index (κ3) is 8.46. The monoisotopic (exact) mass is 261 g/mol. The van der Waals surface area contributed by atoms with Crippen molar-refractivity contribution >= 4 is 17.7 Å². The fourth-order valence-electron chi connectivity index (χ4n) is 1.59. The van der Waals surface area contributed by atoms with Gasteiger partial charge in [-0.2, -0.15) is 11.8 Å². The van der Waals surface area contributed by atoms with Crippen molar-refractivity contribution in [2.75, 3.05) is 38.2 Å². The van der Waals surface area contributed by atoms with Crippen molar-refractivity contribution in [3.63, 3.8) is 0 Å². The topological polar surface area (TPSA) is 58.4 Å². The molecule has 17 heavy (non-hydrogen) atoms. The molecule has 0 fully saturated rings. The third-order valence-electron chi connectivity index (χ3n) is 2.68. The van der Waals surface area contributed by atoms with Gasteiger partial charge in [0.15, 0.2) is 0 Å². The standard InChI is InChI=1S/C12H27N3OS/c1-4-8-15(5-2)9-7-14-12(16)11(13)6-10-17-3/h11H,4-10,13H2,1-3H3,(H,14,16)/t11-/m1/s1. The Kier molecular flexibility index (Phi) is 10.7. The molecule has 0 bridgehead atoms. The summed E-state index contributed by atoms with van der Waals surface area (Å²) in [6.07, 6.45) is 3.92. The number of amides is 1. The Morgan fingerprint density at radius 1 is 1.41 bits per heavy atom. The van der Waals surface area contributed by atoms with Gasteiger partial charge in [0, 0.05) is 13.1 Å². The van der Waals surface area contributed by atoms with Crippen molar-refractivity contribution in [2.45, 2.75) is 32.7 Å². The largest absolute Gasteiger partial charge is 0.353 e. The average molecular weight is 261 g/mol. The van der Waals surface area contributed by atoms with Crippen molar-refractivity contribution in [2.24, 2.45) is 5.73 Å². The van der Waals surface area contributed by atoms with E-state index in [1.54, 1.807) is 11.8 Å². The van der Waals surface area contributed by atoms with Crippen LogP contribution in [0.2, 0.25) is 0 Å². The van der Waals surface area contributed by atoms with E-state index in [9.17, 15) is 4.79 Å². The molecule has 0 aliphatic rings. The summed E-state index contributed by atoms with van der Waals surface area (Å²) < 4.78 is 0. The van der Waals surface area contributed by atoms with Crippen molar-refractivity contribution in [1.29, 1.82) is 0 Å². The SMILES string of the molecule is CCCN(CC)CCNC(=O)[C@H](N)CCSC. The van der Waals surface area contributed by atoms with Gasteiger partial charge in [0.05, 0.1) is 6.04 Å². The van der Waals surface area contributed by atoms with Gasteiger partial charge in [-0.1, -0.05) is 13.8 Å². The van der Waals surface area contributed by atoms with Gasteiger partial charge in [0.1, 0.15) is 0 Å². The zero-order valence-corrected chi connectivity index (χ0v) is 12.2. The van der Waals surface area contributed by atoms with Crippen LogP contribution in [0.3, 0.4) is 0 Å². The van der Waals surface area contributed by atoms with Crippen molar-refractivity contribution in [3.8, 4) is 0 Å². The minimum atomic E-state index is -0.358. The summed E-state index contributed by atoms with van der Waals surface area (Å²) in [6.45, 7) is 8.03. The summed E-state index contributed by atoms with van der Waals surface area (Å²) in [5, 5.41) is 2.90. The highest BCUT2D eigenvalue weighted by Crippen LogP contribution is 1.98. The zero-order valence-electron chi connectivity index (χ0n) is 11.4. The van der Waals surface area contributed by atoms with Crippen LogP contribution in [0.1, 0.15) is 26.7 Å². The molecule has 3 N–H and O–H groups in total. The Labute approximate surface area is 110 Å². The number of carbonyl (C=O) groups is 1. The second-order valence-electron chi connectivity index (χ2n) is 4.11. The lowest BCUT2D eigenvalue weighted by Crippen LogP contribution is -2.44. The molecule has 0 saturated carbocycles. The van der Waals surface area contributed by atoms with E-state index in [1.807, 2.05) is 6.26 Å². The molecule has 0 radical (unpaired) electrons. The number of nitrogens with zero attached hydrogens (tertiary/aromatic N) is 1. The average Bonchev–Trinajstić information content (AvgIpc) is 2.34. The second kappa shape index (κ2) is 10.9. The summed E-state index contributed by atoms with van der Waals surface area (Å²) in [6, 6.07) is -0.358. The van der Waals surface area contributed by atoms with Crippen LogP contribution in [-0.4, -0.2) is 55.0 Å². The summed E-state index contributed by atoms with van der Waals surface area (Å²) in [7, 11) is 0. The van der Waals surface area contributed by atoms with Crippen molar-refractivity contribution < 1.29 is 4.79 Å². The van der Waals surface area contributed by atoms with E-state index in [0.717, 1.165) is 38.2 Å². The lowest BCUT2D eigenvalue weighted by atomic mass is 10.2. The van der Waals surface area contributed by atoms with E-state index >= 15 is 0 Å². The number of rotatable bonds is 10. The van der Waals surface area contributed by atoms with E-state index < -0.39 is 0 Å². The Morgan fingerprint density at radius 2 is 2.12 bits per heavy atom. The Hall–Kier alpha value is -0.260. The molecule has 0 aliphatic carbocycles. The molecule has 0 aliphatic heterocycles. The lowest BCUT2D eigenvalue weighted by molar-refractivity contribution is -0.122. The highest BCUT2D eigenvalue weighted by molar-refractivity contribution is 7.98. The van der Waals surface area contributed by atoms with Gasteiger partial charge >= 0.3 is 0 Å². The summed E-state index contributed by atoms with van der Waals surface area (Å²) >= 11 is 1.72. The first-order chi connectivity index (χ1) is 8.15. The first kappa shape index (κ1) is 16.7. The van der Waals surface area contributed by atoms with Gasteiger partial charge < -0.3 is 16.0 Å². The van der Waals surface area contributed by atoms with Gasteiger partial charge in [-0.25, -0.2) is 0 Å². The maximum Gasteiger partial charge on any atom is 0.236 e. The third-order valence-corrected chi connectivity index (χ3v) is 3.33. The molecule has 0 aromatic carbocycles. The predicted octanol–water partition coefficient (Wildman–Crippen LogP) is 0.915. The normalized spacial score (nSPS) is 12.8. The smallest absolute Gasteiger partial charge is 0.236 e. The number of thioether (sulfide) groups is 1. The number of nitrogens with two attached hydrogens (primary N) is 1. The molecule has 0 aromatic heterocycles. The molecule has 0 aromatic rings. The number of hydrogen-bond acceptors (Lipinski definition) is 4. The molecule has 5 heteroatoms. The summed E-state index contributed by atoms with van der Waals surface area (Å²) in [4.78, 5) is 13.9. The van der Waals surface area contributed by atoms with Crippen LogP contribution in [0.5, 0.6) is 0 Å². The molecule has 0 rings (SSSR count). The van der Waals surface area contributed by atoms with Crippen LogP contribution in [0, 0.1) is 0 Å². The molecule has 0 spiro atoms. The number of nitrogens with one attached hydrogen (secondary N) is 1. The van der Waals surface area contributed by atoms with Crippen LogP contribution >= 0.6 is 11.8 Å². The number of hydrogen-bond donors (Lipinski definition) is 2. The van der Waals surface area contributed by atoms with Crippen LogP contribution in [0.25, 0.3) is 0 Å². The van der Waals surface area contributed by atoms with Gasteiger partial charge in [0.2, 0.25) is 5.91 Å². The molecular weight excluding hydrogens is 234 g/mol. The minimum absolute atomic E-state index is 0.0217. The van der Waals surface area contributed by atoms with Crippen LogP contribution in [-0.2, 0) is 4.79 Å². The fraction of sp³-hybridized carbons (Fsp3) is 0.917. The van der Waals surface area contributed by atoms with Crippen molar-refractivity contribution in [3.05, 3.63) is 0 Å². The van der Waals surface area contributed by atoms with E-state index in [2.05, 4.69) is 24.1 Å². The highest BCUT2D eigenvalue weighted by Gasteiger charge is 2.12. The molecule has 0 heterocycles. The van der Waals surface area contributed by atoms with E-state index in [4.69, 9.17) is 5.73 Å². The fourth-order valence-corrected chi connectivity index (χ4v) is 2.08. The Bertz CT molecular complexity index is 202. The number of likely N-dealkylation sites (N-methyl/N-ethyl adjacent to an activating group) is 1. The minimum Gasteiger partial charge on any atom is -0.353 e. The van der Waals surface area contributed by atoms with Gasteiger partial charge in [-0.3, -0.25) is 4.79 Å². The first-order valence-corrected chi connectivity index (χ1v) is 7.79. The molecule has 102 valence electrons. The van der Waals surface area contributed by atoms with E-state index in [-0.39, 0.29) is 11.9 Å². The molecule has 1 amide bonds. The van der Waals surface area contributed by atoms with E-state index in [1.165, 1.54) is 0 Å². The summed E-state index contributed by atoms with van der Waals surface area (Å²) in [5.74, 6) is 0.914. The maximum atomic E-state index is 11.6. The highest BCUT2D eigenvalue weighted by atomic mass is 32.2. The lowest BCUT2D eigenvalue weighted by Gasteiger charge is -2.20. The molecular formula is C12H27N3OS. The first-order valence-electron chi connectivity index (χ1n) is 6.40. The van der Waals surface area contributed by atoms with Gasteiger partial charge in [-0.15, -0.1) is 0 Å². The molecule has 1 atom stereocenters. The number of carbonyl (C=O) groups excluding carboxylic acids is 1. The Balaban J connectivity index is 3.68.